The van der Waals surface area contributed by atoms with E-state index in [9.17, 15) is 4.79 Å². The van der Waals surface area contributed by atoms with E-state index in [4.69, 9.17) is 4.74 Å². The molecule has 0 aliphatic heterocycles. The van der Waals surface area contributed by atoms with E-state index in [2.05, 4.69) is 10.3 Å². The van der Waals surface area contributed by atoms with Crippen LogP contribution in [0.2, 0.25) is 0 Å². The highest BCUT2D eigenvalue weighted by molar-refractivity contribution is 5.94. The summed E-state index contributed by atoms with van der Waals surface area (Å²) >= 11 is 0. The zero-order valence-electron chi connectivity index (χ0n) is 14.3. The first-order chi connectivity index (χ1) is 12.2. The Balaban J connectivity index is 1.85. The molecule has 25 heavy (non-hydrogen) atoms. The molecule has 0 aliphatic carbocycles. The molecule has 1 atom stereocenters. The predicted octanol–water partition coefficient (Wildman–Crippen LogP) is 3.34. The number of carbonyl (C=O) groups is 1. The predicted molar refractivity (Wildman–Crippen MR) is 96.6 cm³/mol. The molecule has 1 aromatic heterocycles. The second-order valence-electron chi connectivity index (χ2n) is 5.67. The summed E-state index contributed by atoms with van der Waals surface area (Å²) in [6, 6.07) is 16.6. The average Bonchev–Trinajstić information content (AvgIpc) is 3.07. The second kappa shape index (κ2) is 7.66. The van der Waals surface area contributed by atoms with E-state index in [1.54, 1.807) is 30.5 Å². The number of imidazole rings is 1. The number of aromatic nitrogens is 2. The zero-order chi connectivity index (χ0) is 17.6. The molecule has 128 valence electrons. The summed E-state index contributed by atoms with van der Waals surface area (Å²) in [5.74, 6) is 1.38. The highest BCUT2D eigenvalue weighted by atomic mass is 16.5. The number of hydrogen-bond donors (Lipinski definition) is 1. The fourth-order valence-electron chi connectivity index (χ4n) is 2.68. The molecule has 0 spiro atoms. The zero-order valence-corrected chi connectivity index (χ0v) is 14.3. The normalized spacial score (nSPS) is 11.8. The van der Waals surface area contributed by atoms with Crippen molar-refractivity contribution in [1.29, 1.82) is 0 Å². The third kappa shape index (κ3) is 3.88. The SMILES string of the molecule is CCOc1ccc(C(=O)N[C@H](c2ccccc2)c2nccn2C)cc1. The van der Waals surface area contributed by atoms with Gasteiger partial charge in [-0.05, 0) is 36.8 Å². The Kier molecular flexibility index (Phi) is 5.14. The minimum atomic E-state index is -0.319. The maximum Gasteiger partial charge on any atom is 0.252 e. The summed E-state index contributed by atoms with van der Waals surface area (Å²) in [4.78, 5) is 17.1. The molecule has 0 radical (unpaired) electrons. The molecule has 2 aromatic carbocycles. The van der Waals surface area contributed by atoms with Crippen molar-refractivity contribution >= 4 is 5.91 Å². The van der Waals surface area contributed by atoms with Crippen LogP contribution < -0.4 is 10.1 Å². The molecule has 0 bridgehead atoms. The van der Waals surface area contributed by atoms with Gasteiger partial charge in [-0.1, -0.05) is 30.3 Å². The Morgan fingerprint density at radius 2 is 1.88 bits per heavy atom. The van der Waals surface area contributed by atoms with Gasteiger partial charge < -0.3 is 14.6 Å². The van der Waals surface area contributed by atoms with Crippen LogP contribution in [0, 0.1) is 0 Å². The number of aryl methyl sites for hydroxylation is 1. The fraction of sp³-hybridized carbons (Fsp3) is 0.200. The number of rotatable bonds is 6. The summed E-state index contributed by atoms with van der Waals surface area (Å²) < 4.78 is 7.33. The van der Waals surface area contributed by atoms with E-state index in [1.165, 1.54) is 0 Å². The standard InChI is InChI=1S/C20H21N3O2/c1-3-25-17-11-9-16(10-12-17)20(24)22-18(15-7-5-4-6-8-15)19-21-13-14-23(19)2/h4-14,18H,3H2,1-2H3,(H,22,24)/t18-/m1/s1. The molecule has 0 saturated heterocycles. The van der Waals surface area contributed by atoms with Crippen molar-refractivity contribution in [1.82, 2.24) is 14.9 Å². The number of amides is 1. The van der Waals surface area contributed by atoms with Crippen molar-refractivity contribution < 1.29 is 9.53 Å². The first kappa shape index (κ1) is 16.8. The lowest BCUT2D eigenvalue weighted by Gasteiger charge is -2.19. The summed E-state index contributed by atoms with van der Waals surface area (Å²) in [6.45, 7) is 2.53. The monoisotopic (exact) mass is 335 g/mol. The van der Waals surface area contributed by atoms with E-state index in [1.807, 2.05) is 55.1 Å². The summed E-state index contributed by atoms with van der Waals surface area (Å²) in [5.41, 5.74) is 1.56. The molecule has 5 nitrogen and oxygen atoms in total. The topological polar surface area (TPSA) is 56.1 Å². The molecule has 3 rings (SSSR count). The van der Waals surface area contributed by atoms with Gasteiger partial charge in [-0.2, -0.15) is 0 Å². The molecule has 0 aliphatic rings. The van der Waals surface area contributed by atoms with Crippen molar-refractivity contribution in [3.8, 4) is 5.75 Å². The summed E-state index contributed by atoms with van der Waals surface area (Å²) in [6.07, 6.45) is 3.60. The number of nitrogens with one attached hydrogen (secondary N) is 1. The van der Waals surface area contributed by atoms with E-state index >= 15 is 0 Å². The van der Waals surface area contributed by atoms with Gasteiger partial charge in [-0.15, -0.1) is 0 Å². The number of ether oxygens (including phenoxy) is 1. The van der Waals surface area contributed by atoms with Crippen LogP contribution in [0.5, 0.6) is 5.75 Å². The van der Waals surface area contributed by atoms with Crippen molar-refractivity contribution in [2.24, 2.45) is 7.05 Å². The first-order valence-electron chi connectivity index (χ1n) is 8.25. The van der Waals surface area contributed by atoms with Gasteiger partial charge >= 0.3 is 0 Å². The third-order valence-corrected chi connectivity index (χ3v) is 3.95. The van der Waals surface area contributed by atoms with Crippen molar-refractivity contribution in [2.75, 3.05) is 6.61 Å². The maximum atomic E-state index is 12.7. The Labute approximate surface area is 147 Å². The maximum absolute atomic E-state index is 12.7. The number of benzene rings is 2. The molecule has 0 saturated carbocycles. The van der Waals surface area contributed by atoms with Crippen LogP contribution in [0.4, 0.5) is 0 Å². The second-order valence-corrected chi connectivity index (χ2v) is 5.67. The van der Waals surface area contributed by atoms with Gasteiger partial charge in [0.05, 0.1) is 6.61 Å². The van der Waals surface area contributed by atoms with Crippen LogP contribution >= 0.6 is 0 Å². The van der Waals surface area contributed by atoms with Gasteiger partial charge in [-0.3, -0.25) is 4.79 Å². The lowest BCUT2D eigenvalue weighted by Crippen LogP contribution is -2.31. The lowest BCUT2D eigenvalue weighted by atomic mass is 10.1. The minimum absolute atomic E-state index is 0.153. The van der Waals surface area contributed by atoms with Gasteiger partial charge in [0.2, 0.25) is 0 Å². The van der Waals surface area contributed by atoms with Gasteiger partial charge in [-0.25, -0.2) is 4.98 Å². The average molecular weight is 335 g/mol. The van der Waals surface area contributed by atoms with Crippen molar-refractivity contribution in [3.63, 3.8) is 0 Å². The van der Waals surface area contributed by atoms with Crippen molar-refractivity contribution in [2.45, 2.75) is 13.0 Å². The Bertz CT molecular complexity index is 826. The highest BCUT2D eigenvalue weighted by Gasteiger charge is 2.21. The van der Waals surface area contributed by atoms with E-state index in [0.717, 1.165) is 17.1 Å². The first-order valence-corrected chi connectivity index (χ1v) is 8.25. The molecular weight excluding hydrogens is 314 g/mol. The van der Waals surface area contributed by atoms with E-state index < -0.39 is 0 Å². The number of hydrogen-bond acceptors (Lipinski definition) is 3. The molecule has 0 fully saturated rings. The minimum Gasteiger partial charge on any atom is -0.494 e. The molecule has 3 aromatic rings. The highest BCUT2D eigenvalue weighted by Crippen LogP contribution is 2.21. The van der Waals surface area contributed by atoms with E-state index in [-0.39, 0.29) is 11.9 Å². The summed E-state index contributed by atoms with van der Waals surface area (Å²) in [7, 11) is 1.92. The molecule has 1 amide bonds. The van der Waals surface area contributed by atoms with Gasteiger partial charge in [0.1, 0.15) is 17.6 Å². The van der Waals surface area contributed by atoms with Crippen molar-refractivity contribution in [3.05, 3.63) is 83.9 Å². The van der Waals surface area contributed by atoms with Crippen LogP contribution in [-0.4, -0.2) is 22.1 Å². The Morgan fingerprint density at radius 3 is 2.48 bits per heavy atom. The Morgan fingerprint density at radius 1 is 1.16 bits per heavy atom. The molecule has 0 unspecified atom stereocenters. The van der Waals surface area contributed by atoms with Crippen LogP contribution in [0.1, 0.15) is 34.7 Å². The van der Waals surface area contributed by atoms with E-state index in [0.29, 0.717) is 12.2 Å². The van der Waals surface area contributed by atoms with Crippen LogP contribution in [0.15, 0.2) is 67.0 Å². The largest absolute Gasteiger partial charge is 0.494 e. The lowest BCUT2D eigenvalue weighted by molar-refractivity contribution is 0.0941. The Hall–Kier alpha value is -3.08. The van der Waals surface area contributed by atoms with Gasteiger partial charge in [0.15, 0.2) is 0 Å². The molecular formula is C20H21N3O2. The quantitative estimate of drug-likeness (QED) is 0.752. The molecule has 5 heteroatoms. The molecule has 1 N–H and O–H groups in total. The number of carbonyl (C=O) groups excluding carboxylic acids is 1. The van der Waals surface area contributed by atoms with Crippen LogP contribution in [0.25, 0.3) is 0 Å². The molecule has 1 heterocycles. The fourth-order valence-corrected chi connectivity index (χ4v) is 2.68. The van der Waals surface area contributed by atoms with Crippen LogP contribution in [0.3, 0.4) is 0 Å². The van der Waals surface area contributed by atoms with Gasteiger partial charge in [0, 0.05) is 25.0 Å². The number of nitrogens with zero attached hydrogens (tertiary/aromatic N) is 2. The third-order valence-electron chi connectivity index (χ3n) is 3.95. The van der Waals surface area contributed by atoms with Gasteiger partial charge in [0.25, 0.3) is 5.91 Å². The van der Waals surface area contributed by atoms with Crippen LogP contribution in [-0.2, 0) is 7.05 Å². The summed E-state index contributed by atoms with van der Waals surface area (Å²) in [5, 5.41) is 3.08. The smallest absolute Gasteiger partial charge is 0.252 e.